The molecule has 1 N–H and O–H groups in total. The predicted octanol–water partition coefficient (Wildman–Crippen LogP) is 5.38. The first-order chi connectivity index (χ1) is 19.5. The van der Waals surface area contributed by atoms with Gasteiger partial charge in [0.05, 0.1) is 15.6 Å². The summed E-state index contributed by atoms with van der Waals surface area (Å²) in [6, 6.07) is 14.2. The normalized spacial score (nSPS) is 16.8. The Bertz CT molecular complexity index is 1760. The summed E-state index contributed by atoms with van der Waals surface area (Å²) in [5.41, 5.74) is 3.53. The van der Waals surface area contributed by atoms with Gasteiger partial charge in [0, 0.05) is 47.0 Å². The molecule has 0 spiro atoms. The maximum absolute atomic E-state index is 14.8. The quantitative estimate of drug-likeness (QED) is 0.299. The Morgan fingerprint density at radius 3 is 2.58 bits per heavy atom. The van der Waals surface area contributed by atoms with Crippen molar-refractivity contribution in [3.63, 3.8) is 0 Å². The van der Waals surface area contributed by atoms with Gasteiger partial charge in [0.25, 0.3) is 5.89 Å². The van der Waals surface area contributed by atoms with Crippen molar-refractivity contribution in [2.75, 3.05) is 5.32 Å². The van der Waals surface area contributed by atoms with Gasteiger partial charge in [-0.2, -0.15) is 0 Å². The van der Waals surface area contributed by atoms with E-state index >= 15 is 0 Å². The van der Waals surface area contributed by atoms with Crippen molar-refractivity contribution in [2.24, 2.45) is 4.99 Å². The number of halogens is 1. The molecular formula is C29H22FN7O2S. The second kappa shape index (κ2) is 9.83. The highest BCUT2D eigenvalue weighted by Gasteiger charge is 2.32. The molecule has 1 fully saturated rings. The van der Waals surface area contributed by atoms with Gasteiger partial charge in [-0.05, 0) is 25.8 Å². The fraction of sp³-hybridized carbons (Fsp3) is 0.207. The van der Waals surface area contributed by atoms with Crippen molar-refractivity contribution in [3.8, 4) is 22.0 Å². The summed E-state index contributed by atoms with van der Waals surface area (Å²) in [6.45, 7) is 1.83. The average Bonchev–Trinajstić information content (AvgIpc) is 3.59. The summed E-state index contributed by atoms with van der Waals surface area (Å²) in [5, 5.41) is 12.4. The van der Waals surface area contributed by atoms with Crippen LogP contribution in [0.1, 0.15) is 46.3 Å². The smallest absolute Gasteiger partial charge is 0.317 e. The maximum Gasteiger partial charge on any atom is 0.317 e. The number of anilines is 1. The van der Waals surface area contributed by atoms with Crippen LogP contribution in [-0.4, -0.2) is 42.8 Å². The largest absolute Gasteiger partial charge is 0.402 e. The van der Waals surface area contributed by atoms with Crippen LogP contribution in [-0.2, 0) is 11.2 Å². The molecule has 0 saturated heterocycles. The number of carbonyl (C=O) groups excluding carboxylic acids is 1. The zero-order valence-corrected chi connectivity index (χ0v) is 22.2. The van der Waals surface area contributed by atoms with Crippen molar-refractivity contribution < 1.29 is 13.6 Å². The van der Waals surface area contributed by atoms with Crippen LogP contribution in [0.2, 0.25) is 0 Å². The van der Waals surface area contributed by atoms with E-state index in [1.807, 2.05) is 37.3 Å². The van der Waals surface area contributed by atoms with Crippen molar-refractivity contribution in [3.05, 3.63) is 94.3 Å². The van der Waals surface area contributed by atoms with E-state index in [2.05, 4.69) is 25.5 Å². The minimum Gasteiger partial charge on any atom is -0.402 e. The molecule has 1 aliphatic carbocycles. The molecule has 7 rings (SSSR count). The van der Waals surface area contributed by atoms with E-state index in [-0.39, 0.29) is 24.1 Å². The summed E-state index contributed by atoms with van der Waals surface area (Å²) < 4.78 is 20.8. The molecule has 5 aromatic rings. The number of aryl methyl sites for hydroxylation is 1. The summed E-state index contributed by atoms with van der Waals surface area (Å²) in [5.74, 6) is 0.550. The zero-order chi connectivity index (χ0) is 27.2. The highest BCUT2D eigenvalue weighted by atomic mass is 32.1. The lowest BCUT2D eigenvalue weighted by Gasteiger charge is -2.11. The molecule has 1 aliphatic heterocycles. The number of ketones is 1. The number of thiazole rings is 1. The SMILES string of the molecule is Cc1ncc(-c2sc(C3CC3)nc2-c2nnc(N[C@@H]3N=C(c4ccccc4)c4cccc(F)c4CC3=O)o2)cn1. The van der Waals surface area contributed by atoms with Crippen LogP contribution in [0.25, 0.3) is 22.0 Å². The highest BCUT2D eigenvalue weighted by molar-refractivity contribution is 7.15. The number of nitrogens with zero attached hydrogens (tertiary/aromatic N) is 6. The zero-order valence-electron chi connectivity index (χ0n) is 21.3. The van der Waals surface area contributed by atoms with Crippen LogP contribution in [0.5, 0.6) is 0 Å². The summed E-state index contributed by atoms with van der Waals surface area (Å²) >= 11 is 1.57. The Hall–Kier alpha value is -4.64. The van der Waals surface area contributed by atoms with E-state index in [0.29, 0.717) is 34.3 Å². The van der Waals surface area contributed by atoms with E-state index in [0.717, 1.165) is 33.9 Å². The number of benzene rings is 2. The summed E-state index contributed by atoms with van der Waals surface area (Å²) in [7, 11) is 0. The third-order valence-corrected chi connectivity index (χ3v) is 8.10. The fourth-order valence-corrected chi connectivity index (χ4v) is 5.83. The second-order valence-corrected chi connectivity index (χ2v) is 10.8. The number of hydrogen-bond donors (Lipinski definition) is 1. The van der Waals surface area contributed by atoms with Gasteiger partial charge < -0.3 is 9.73 Å². The molecule has 1 atom stereocenters. The average molecular weight is 552 g/mol. The first-order valence-electron chi connectivity index (χ1n) is 12.9. The van der Waals surface area contributed by atoms with Gasteiger partial charge in [-0.15, -0.1) is 16.4 Å². The van der Waals surface area contributed by atoms with Crippen LogP contribution in [0.15, 0.2) is 70.3 Å². The van der Waals surface area contributed by atoms with Gasteiger partial charge in [-0.1, -0.05) is 47.6 Å². The lowest BCUT2D eigenvalue weighted by molar-refractivity contribution is -0.119. The lowest BCUT2D eigenvalue weighted by atomic mass is 9.95. The van der Waals surface area contributed by atoms with E-state index in [1.54, 1.807) is 35.9 Å². The van der Waals surface area contributed by atoms with Gasteiger partial charge >= 0.3 is 6.01 Å². The molecule has 198 valence electrons. The number of rotatable bonds is 6. The first kappa shape index (κ1) is 24.4. The molecule has 40 heavy (non-hydrogen) atoms. The van der Waals surface area contributed by atoms with Crippen LogP contribution < -0.4 is 5.32 Å². The van der Waals surface area contributed by atoms with E-state index in [9.17, 15) is 9.18 Å². The van der Waals surface area contributed by atoms with Crippen molar-refractivity contribution in [1.29, 1.82) is 0 Å². The number of aliphatic imine (C=N–C) groups is 1. The fourth-order valence-electron chi connectivity index (χ4n) is 4.63. The number of nitrogens with one attached hydrogen (secondary N) is 1. The minimum atomic E-state index is -1.06. The molecule has 0 bridgehead atoms. The molecule has 0 unspecified atom stereocenters. The molecule has 9 nitrogen and oxygen atoms in total. The number of Topliss-reactive ketones (excluding diaryl/α,β-unsaturated/α-hetero) is 1. The second-order valence-electron chi connectivity index (χ2n) is 9.74. The number of aromatic nitrogens is 5. The topological polar surface area (TPSA) is 119 Å². The molecule has 3 aromatic heterocycles. The van der Waals surface area contributed by atoms with Gasteiger partial charge in [0.2, 0.25) is 0 Å². The van der Waals surface area contributed by atoms with Gasteiger partial charge in [0.1, 0.15) is 17.3 Å². The predicted molar refractivity (Wildman–Crippen MR) is 148 cm³/mol. The van der Waals surface area contributed by atoms with E-state index in [1.165, 1.54) is 6.07 Å². The Morgan fingerprint density at radius 2 is 1.80 bits per heavy atom. The summed E-state index contributed by atoms with van der Waals surface area (Å²) in [6.07, 6.45) is 4.52. The van der Waals surface area contributed by atoms with Crippen molar-refractivity contribution in [1.82, 2.24) is 25.1 Å². The van der Waals surface area contributed by atoms with Gasteiger partial charge in [0.15, 0.2) is 11.9 Å². The Labute approximate surface area is 232 Å². The highest BCUT2D eigenvalue weighted by Crippen LogP contribution is 2.46. The number of hydrogen-bond acceptors (Lipinski definition) is 10. The molecule has 0 amide bonds. The molecule has 4 heterocycles. The lowest BCUT2D eigenvalue weighted by Crippen LogP contribution is -2.29. The third kappa shape index (κ3) is 4.58. The van der Waals surface area contributed by atoms with Crippen molar-refractivity contribution in [2.45, 2.75) is 38.3 Å². The van der Waals surface area contributed by atoms with Crippen LogP contribution in [0.3, 0.4) is 0 Å². The number of fused-ring (bicyclic) bond motifs is 1. The first-order valence-corrected chi connectivity index (χ1v) is 13.7. The van der Waals surface area contributed by atoms with E-state index < -0.39 is 12.0 Å². The Morgan fingerprint density at radius 1 is 1.00 bits per heavy atom. The standard InChI is InChI=1S/C29H22FN7O2S/c1-15-31-13-18(14-32-15)25-24(34-28(40-25)17-10-11-17)27-36-37-29(39-27)35-26-22(38)12-20-19(8-5-9-21(20)30)23(33-26)16-6-3-2-4-7-16/h2-9,13-14,17,26H,10-12H2,1H3,(H,35,37)/t26-/m0/s1. The molecule has 0 radical (unpaired) electrons. The van der Waals surface area contributed by atoms with E-state index in [4.69, 9.17) is 14.4 Å². The van der Waals surface area contributed by atoms with Crippen LogP contribution in [0.4, 0.5) is 10.4 Å². The molecule has 2 aliphatic rings. The van der Waals surface area contributed by atoms with Gasteiger partial charge in [-0.3, -0.25) is 9.79 Å². The molecule has 2 aromatic carbocycles. The molecule has 11 heteroatoms. The number of carbonyl (C=O) groups is 1. The van der Waals surface area contributed by atoms with Crippen LogP contribution in [0, 0.1) is 12.7 Å². The molecular weight excluding hydrogens is 529 g/mol. The summed E-state index contributed by atoms with van der Waals surface area (Å²) in [4.78, 5) is 32.3. The van der Waals surface area contributed by atoms with Gasteiger partial charge in [-0.25, -0.2) is 19.3 Å². The molecule has 1 saturated carbocycles. The third-order valence-electron chi connectivity index (χ3n) is 6.84. The Balaban J connectivity index is 1.24. The minimum absolute atomic E-state index is 0.0167. The van der Waals surface area contributed by atoms with Crippen molar-refractivity contribution >= 4 is 28.8 Å². The Kier molecular flexibility index (Phi) is 6.00. The van der Waals surface area contributed by atoms with Crippen LogP contribution >= 0.6 is 11.3 Å². The monoisotopic (exact) mass is 551 g/mol. The maximum atomic E-state index is 14.8.